The van der Waals surface area contributed by atoms with Crippen LogP contribution >= 0.6 is 0 Å². The van der Waals surface area contributed by atoms with Gasteiger partial charge < -0.3 is 20.1 Å². The van der Waals surface area contributed by atoms with Gasteiger partial charge in [0.25, 0.3) is 0 Å². The molecule has 0 fully saturated rings. The Morgan fingerprint density at radius 3 is 2.79 bits per heavy atom. The average molecular weight is 326 g/mol. The first-order valence-corrected chi connectivity index (χ1v) is 7.40. The van der Waals surface area contributed by atoms with E-state index >= 15 is 0 Å². The van der Waals surface area contributed by atoms with E-state index in [1.165, 1.54) is 6.08 Å². The zero-order valence-corrected chi connectivity index (χ0v) is 13.5. The number of carbonyl (C=O) groups excluding carboxylic acids is 1. The maximum Gasteiger partial charge on any atom is 0.247 e. The second-order valence-corrected chi connectivity index (χ2v) is 5.34. The minimum absolute atomic E-state index is 0.0960. The van der Waals surface area contributed by atoms with Gasteiger partial charge in [-0.2, -0.15) is 0 Å². The molecule has 0 saturated heterocycles. The average Bonchev–Trinajstić information content (AvgIpc) is 3.02. The number of fused-ring (bicyclic) bond motifs is 1. The summed E-state index contributed by atoms with van der Waals surface area (Å²) in [6.45, 7) is 0.932. The molecule has 2 N–H and O–H groups in total. The van der Waals surface area contributed by atoms with Crippen LogP contribution in [0.1, 0.15) is 16.8 Å². The number of amides is 1. The molecule has 0 atom stereocenters. The molecule has 0 spiro atoms. The fraction of sp³-hybridized carbons (Fsp3) is 0.235. The van der Waals surface area contributed by atoms with Crippen LogP contribution in [-0.4, -0.2) is 35.0 Å². The lowest BCUT2D eigenvalue weighted by atomic mass is 10.2. The first kappa shape index (κ1) is 15.8. The third kappa shape index (κ3) is 3.15. The zero-order chi connectivity index (χ0) is 17.1. The van der Waals surface area contributed by atoms with Crippen molar-refractivity contribution in [1.82, 2.24) is 14.9 Å². The molecule has 0 saturated carbocycles. The van der Waals surface area contributed by atoms with Crippen LogP contribution in [0.2, 0.25) is 0 Å². The molecule has 2 heterocycles. The highest BCUT2D eigenvalue weighted by atomic mass is 16.5. The lowest BCUT2D eigenvalue weighted by molar-refractivity contribution is -0.126. The predicted molar refractivity (Wildman–Crippen MR) is 89.3 cm³/mol. The predicted octanol–water partition coefficient (Wildman–Crippen LogP) is 1.63. The van der Waals surface area contributed by atoms with Gasteiger partial charge in [-0.05, 0) is 23.8 Å². The summed E-state index contributed by atoms with van der Waals surface area (Å²) in [6.07, 6.45) is 4.94. The van der Waals surface area contributed by atoms with E-state index in [0.717, 1.165) is 16.8 Å². The van der Waals surface area contributed by atoms with Crippen LogP contribution in [0.4, 0.5) is 5.95 Å². The Bertz CT molecular complexity index is 804. The standard InChI is InChI=1S/C17H18N4O3/c1-23-14-5-3-11(7-15(14)24-2)4-6-16(22)21-9-12-8-19-17(18)20-13(12)10-21/h3-8H,9-10H2,1-2H3,(H2,18,19,20)/b6-4+. The minimum Gasteiger partial charge on any atom is -0.493 e. The number of hydrogen-bond donors (Lipinski definition) is 1. The summed E-state index contributed by atoms with van der Waals surface area (Å²) in [7, 11) is 3.16. The molecule has 0 aliphatic carbocycles. The maximum absolute atomic E-state index is 12.4. The third-order valence-electron chi connectivity index (χ3n) is 3.81. The van der Waals surface area contributed by atoms with Crippen LogP contribution in [0, 0.1) is 0 Å². The Labute approximate surface area is 139 Å². The monoisotopic (exact) mass is 326 g/mol. The molecule has 0 radical (unpaired) electrons. The topological polar surface area (TPSA) is 90.6 Å². The Hall–Kier alpha value is -3.09. The van der Waals surface area contributed by atoms with Crippen molar-refractivity contribution in [3.63, 3.8) is 0 Å². The highest BCUT2D eigenvalue weighted by Crippen LogP contribution is 2.28. The molecule has 7 heteroatoms. The fourth-order valence-corrected chi connectivity index (χ4v) is 2.55. The number of nitrogens with zero attached hydrogens (tertiary/aromatic N) is 3. The summed E-state index contributed by atoms with van der Waals surface area (Å²) in [5.41, 5.74) is 8.15. The summed E-state index contributed by atoms with van der Waals surface area (Å²) in [4.78, 5) is 22.2. The first-order chi connectivity index (χ1) is 11.6. The van der Waals surface area contributed by atoms with Gasteiger partial charge in [-0.3, -0.25) is 4.79 Å². The van der Waals surface area contributed by atoms with Gasteiger partial charge in [0, 0.05) is 24.4 Å². The van der Waals surface area contributed by atoms with Crippen LogP contribution in [0.5, 0.6) is 11.5 Å². The molecular formula is C17H18N4O3. The number of benzene rings is 1. The maximum atomic E-state index is 12.4. The van der Waals surface area contributed by atoms with Gasteiger partial charge in [0.1, 0.15) is 0 Å². The largest absolute Gasteiger partial charge is 0.493 e. The number of nitrogens with two attached hydrogens (primary N) is 1. The van der Waals surface area contributed by atoms with E-state index in [1.54, 1.807) is 37.5 Å². The van der Waals surface area contributed by atoms with Crippen molar-refractivity contribution in [1.29, 1.82) is 0 Å². The van der Waals surface area contributed by atoms with E-state index in [1.807, 2.05) is 12.1 Å². The van der Waals surface area contributed by atoms with Gasteiger partial charge >= 0.3 is 0 Å². The molecule has 1 aliphatic rings. The van der Waals surface area contributed by atoms with Gasteiger partial charge in [0.15, 0.2) is 11.5 Å². The van der Waals surface area contributed by atoms with Crippen molar-refractivity contribution in [3.05, 3.63) is 47.3 Å². The molecule has 7 nitrogen and oxygen atoms in total. The van der Waals surface area contributed by atoms with Gasteiger partial charge in [-0.25, -0.2) is 9.97 Å². The molecule has 1 aromatic carbocycles. The quantitative estimate of drug-likeness (QED) is 0.859. The Morgan fingerprint density at radius 1 is 1.25 bits per heavy atom. The molecule has 2 aromatic rings. The molecule has 1 aliphatic heterocycles. The van der Waals surface area contributed by atoms with Crippen molar-refractivity contribution in [2.45, 2.75) is 13.1 Å². The van der Waals surface area contributed by atoms with E-state index in [2.05, 4.69) is 9.97 Å². The van der Waals surface area contributed by atoms with Gasteiger partial charge in [0.05, 0.1) is 26.5 Å². The molecule has 1 amide bonds. The number of ether oxygens (including phenoxy) is 2. The highest BCUT2D eigenvalue weighted by molar-refractivity contribution is 5.92. The second-order valence-electron chi connectivity index (χ2n) is 5.34. The Morgan fingerprint density at radius 2 is 2.04 bits per heavy atom. The zero-order valence-electron chi connectivity index (χ0n) is 13.5. The number of hydrogen-bond acceptors (Lipinski definition) is 6. The number of nitrogen functional groups attached to an aromatic ring is 1. The number of aromatic nitrogens is 2. The van der Waals surface area contributed by atoms with Crippen LogP contribution in [0.15, 0.2) is 30.5 Å². The Kier molecular flexibility index (Phi) is 4.33. The summed E-state index contributed by atoms with van der Waals surface area (Å²) in [5.74, 6) is 1.39. The molecule has 124 valence electrons. The smallest absolute Gasteiger partial charge is 0.247 e. The minimum atomic E-state index is -0.0960. The molecule has 1 aromatic heterocycles. The molecule has 3 rings (SSSR count). The summed E-state index contributed by atoms with van der Waals surface area (Å²) < 4.78 is 10.5. The van der Waals surface area contributed by atoms with E-state index in [4.69, 9.17) is 15.2 Å². The third-order valence-corrected chi connectivity index (χ3v) is 3.81. The van der Waals surface area contributed by atoms with E-state index in [0.29, 0.717) is 24.6 Å². The van der Waals surface area contributed by atoms with Crippen molar-refractivity contribution in [2.75, 3.05) is 20.0 Å². The molecule has 0 bridgehead atoms. The molecular weight excluding hydrogens is 308 g/mol. The van der Waals surface area contributed by atoms with E-state index in [9.17, 15) is 4.79 Å². The molecule has 0 unspecified atom stereocenters. The molecule has 24 heavy (non-hydrogen) atoms. The highest BCUT2D eigenvalue weighted by Gasteiger charge is 2.23. The lowest BCUT2D eigenvalue weighted by Gasteiger charge is -2.12. The normalized spacial score (nSPS) is 13.2. The SMILES string of the molecule is COc1ccc(/C=C/C(=O)N2Cc3cnc(N)nc3C2)cc1OC. The van der Waals surface area contributed by atoms with Crippen LogP contribution in [0.3, 0.4) is 0 Å². The summed E-state index contributed by atoms with van der Waals surface area (Å²) >= 11 is 0. The van der Waals surface area contributed by atoms with Crippen LogP contribution < -0.4 is 15.2 Å². The number of carbonyl (C=O) groups is 1. The summed E-state index contributed by atoms with van der Waals surface area (Å²) in [5, 5.41) is 0. The lowest BCUT2D eigenvalue weighted by Crippen LogP contribution is -2.23. The van der Waals surface area contributed by atoms with Gasteiger partial charge in [-0.15, -0.1) is 0 Å². The van der Waals surface area contributed by atoms with Crippen LogP contribution in [0.25, 0.3) is 6.08 Å². The van der Waals surface area contributed by atoms with E-state index < -0.39 is 0 Å². The van der Waals surface area contributed by atoms with Crippen molar-refractivity contribution in [2.24, 2.45) is 0 Å². The summed E-state index contributed by atoms with van der Waals surface area (Å²) in [6, 6.07) is 5.47. The van der Waals surface area contributed by atoms with Crippen molar-refractivity contribution in [3.8, 4) is 11.5 Å². The number of anilines is 1. The number of rotatable bonds is 4. The first-order valence-electron chi connectivity index (χ1n) is 7.40. The Balaban J connectivity index is 1.70. The number of methoxy groups -OCH3 is 2. The fourth-order valence-electron chi connectivity index (χ4n) is 2.55. The van der Waals surface area contributed by atoms with Gasteiger partial charge in [-0.1, -0.05) is 6.07 Å². The second kappa shape index (κ2) is 6.57. The van der Waals surface area contributed by atoms with Crippen molar-refractivity contribution < 1.29 is 14.3 Å². The van der Waals surface area contributed by atoms with Gasteiger partial charge in [0.2, 0.25) is 11.9 Å². The van der Waals surface area contributed by atoms with Crippen molar-refractivity contribution >= 4 is 17.9 Å². The van der Waals surface area contributed by atoms with Crippen LogP contribution in [-0.2, 0) is 17.9 Å². The van der Waals surface area contributed by atoms with E-state index in [-0.39, 0.29) is 11.9 Å².